The zero-order chi connectivity index (χ0) is 27.4. The van der Waals surface area contributed by atoms with E-state index in [4.69, 9.17) is 25.7 Å². The molecule has 0 saturated carbocycles. The quantitative estimate of drug-likeness (QED) is 0.119. The van der Waals surface area contributed by atoms with Gasteiger partial charge in [0, 0.05) is 22.9 Å². The van der Waals surface area contributed by atoms with Crippen LogP contribution in [0, 0.1) is 11.2 Å². The summed E-state index contributed by atoms with van der Waals surface area (Å²) in [6.45, 7) is -0.378. The number of aromatic amines is 1. The number of nitrogen functional groups attached to an aromatic ring is 1. The first-order chi connectivity index (χ1) is 18.2. The number of carboxylic acid groups (broad SMARTS) is 1. The molecule has 2 aromatic carbocycles. The van der Waals surface area contributed by atoms with Gasteiger partial charge < -0.3 is 30.7 Å². The van der Waals surface area contributed by atoms with Gasteiger partial charge in [-0.15, -0.1) is 16.4 Å². The normalized spacial score (nSPS) is 11.7. The molecule has 2 aromatic heterocycles. The molecule has 15 heteroatoms. The van der Waals surface area contributed by atoms with Crippen LogP contribution in [0.5, 0.6) is 11.5 Å². The third-order valence-electron chi connectivity index (χ3n) is 5.30. The summed E-state index contributed by atoms with van der Waals surface area (Å²) in [7, 11) is 1.36. The minimum Gasteiger partial charge on any atom is -0.493 e. The average molecular weight is 544 g/mol. The molecule has 0 bridgehead atoms. The van der Waals surface area contributed by atoms with Gasteiger partial charge in [0.25, 0.3) is 0 Å². The third-order valence-corrected chi connectivity index (χ3v) is 6.11. The van der Waals surface area contributed by atoms with E-state index < -0.39 is 23.5 Å². The summed E-state index contributed by atoms with van der Waals surface area (Å²) >= 11 is 0.821. The molecule has 4 rings (SSSR count). The number of H-pyrrole nitrogens is 1. The molecule has 0 saturated heterocycles. The largest absolute Gasteiger partial charge is 0.493 e. The fourth-order valence-corrected chi connectivity index (χ4v) is 4.16. The molecule has 0 amide bonds. The van der Waals surface area contributed by atoms with E-state index >= 15 is 4.39 Å². The molecule has 13 nitrogen and oxygen atoms in total. The minimum absolute atomic E-state index is 0.00600. The van der Waals surface area contributed by atoms with Gasteiger partial charge in [-0.1, -0.05) is 0 Å². The van der Waals surface area contributed by atoms with Gasteiger partial charge in [-0.2, -0.15) is 4.68 Å². The van der Waals surface area contributed by atoms with Gasteiger partial charge in [-0.3, -0.25) is 10.4 Å². The number of nitrogens with two attached hydrogens (primary N) is 1. The van der Waals surface area contributed by atoms with Gasteiger partial charge in [-0.25, -0.2) is 19.0 Å². The van der Waals surface area contributed by atoms with Gasteiger partial charge in [0.15, 0.2) is 28.0 Å². The summed E-state index contributed by atoms with van der Waals surface area (Å²) in [6, 6.07) is 7.70. The molecule has 0 aliphatic carbocycles. The molecular formula is C23H22FN7O6S. The van der Waals surface area contributed by atoms with Crippen LogP contribution in [0.15, 0.2) is 46.7 Å². The number of thiazole rings is 1. The highest BCUT2D eigenvalue weighted by atomic mass is 32.1. The van der Waals surface area contributed by atoms with Crippen molar-refractivity contribution < 1.29 is 28.9 Å². The number of ether oxygens (including phenoxy) is 2. The molecule has 4 aromatic rings. The number of nitrogens with zero attached hydrogens (tertiary/aromatic N) is 3. The molecule has 198 valence electrons. The Balaban J connectivity index is 1.83. The number of halogens is 1. The van der Waals surface area contributed by atoms with Crippen LogP contribution >= 0.6 is 11.3 Å². The summed E-state index contributed by atoms with van der Waals surface area (Å²) in [5.41, 5.74) is 6.93. The van der Waals surface area contributed by atoms with Crippen molar-refractivity contribution in [3.63, 3.8) is 0 Å². The summed E-state index contributed by atoms with van der Waals surface area (Å²) in [6.07, 6.45) is 0. The van der Waals surface area contributed by atoms with Crippen molar-refractivity contribution in [2.75, 3.05) is 25.6 Å². The Bertz CT molecular complexity index is 1530. The first-order valence-electron chi connectivity index (χ1n) is 10.9. The topological polar surface area (TPSA) is 201 Å². The average Bonchev–Trinajstić information content (AvgIpc) is 3.53. The SMILES string of the molecule is COc1cc(C(Nc2ccc(C(=N)N)cc2)c2nn(-c3ncsc3C(=O)O)c(=O)[nH]2)c(F)cc1OCCO. The highest BCUT2D eigenvalue weighted by molar-refractivity contribution is 7.12. The number of aliphatic hydroxyl groups excluding tert-OH is 1. The second-order valence-electron chi connectivity index (χ2n) is 7.70. The highest BCUT2D eigenvalue weighted by Gasteiger charge is 2.27. The fraction of sp³-hybridized carbons (Fsp3) is 0.174. The number of nitrogens with one attached hydrogen (secondary N) is 3. The highest BCUT2D eigenvalue weighted by Crippen LogP contribution is 2.35. The fourth-order valence-electron chi connectivity index (χ4n) is 3.56. The van der Waals surface area contributed by atoms with Crippen molar-refractivity contribution in [3.8, 4) is 17.3 Å². The number of rotatable bonds is 11. The van der Waals surface area contributed by atoms with Crippen LogP contribution in [-0.4, -0.2) is 62.1 Å². The lowest BCUT2D eigenvalue weighted by molar-refractivity contribution is 0.0701. The van der Waals surface area contributed by atoms with Crippen LogP contribution in [0.4, 0.5) is 10.1 Å². The predicted octanol–water partition coefficient (Wildman–Crippen LogP) is 1.72. The van der Waals surface area contributed by atoms with E-state index in [0.717, 1.165) is 22.1 Å². The van der Waals surface area contributed by atoms with E-state index in [1.165, 1.54) is 18.7 Å². The molecular weight excluding hydrogens is 521 g/mol. The zero-order valence-corrected chi connectivity index (χ0v) is 20.6. The number of aromatic nitrogens is 4. The van der Waals surface area contributed by atoms with Gasteiger partial charge in [-0.05, 0) is 30.3 Å². The first-order valence-corrected chi connectivity index (χ1v) is 11.8. The Morgan fingerprint density at radius 2 is 2.05 bits per heavy atom. The van der Waals surface area contributed by atoms with Crippen molar-refractivity contribution >= 4 is 28.8 Å². The van der Waals surface area contributed by atoms with Crippen molar-refractivity contribution in [1.82, 2.24) is 19.7 Å². The van der Waals surface area contributed by atoms with E-state index in [2.05, 4.69) is 20.4 Å². The van der Waals surface area contributed by atoms with Crippen LogP contribution in [-0.2, 0) is 0 Å². The standard InChI is InChI=1S/C23H22FN7O6S/c1-36-15-8-13(14(24)9-16(15)37-7-6-32)17(28-12-4-2-11(3-5-12)19(25)26)20-29-23(35)31(30-20)21-18(22(33)34)38-10-27-21/h2-5,8-10,17,28,32H,6-7H2,1H3,(H3,25,26)(H,33,34)(H,29,30,35). The first kappa shape index (κ1) is 26.3. The Morgan fingerprint density at radius 1 is 1.32 bits per heavy atom. The second kappa shape index (κ2) is 11.1. The monoisotopic (exact) mass is 543 g/mol. The van der Waals surface area contributed by atoms with E-state index in [9.17, 15) is 14.7 Å². The number of anilines is 1. The van der Waals surface area contributed by atoms with Crippen LogP contribution in [0.1, 0.15) is 32.7 Å². The molecule has 0 spiro atoms. The van der Waals surface area contributed by atoms with Gasteiger partial charge in [0.05, 0.1) is 19.2 Å². The van der Waals surface area contributed by atoms with E-state index in [0.29, 0.717) is 11.3 Å². The Hall–Kier alpha value is -4.76. The number of hydrogen-bond acceptors (Lipinski definition) is 10. The van der Waals surface area contributed by atoms with Gasteiger partial charge >= 0.3 is 11.7 Å². The lowest BCUT2D eigenvalue weighted by atomic mass is 10.0. The second-order valence-corrected chi connectivity index (χ2v) is 8.56. The number of amidine groups is 1. The molecule has 1 unspecified atom stereocenters. The number of carbonyl (C=O) groups is 1. The van der Waals surface area contributed by atoms with E-state index in [1.54, 1.807) is 24.3 Å². The van der Waals surface area contributed by atoms with Gasteiger partial charge in [0.1, 0.15) is 24.3 Å². The lowest BCUT2D eigenvalue weighted by Gasteiger charge is -2.21. The van der Waals surface area contributed by atoms with E-state index in [-0.39, 0.29) is 52.6 Å². The Morgan fingerprint density at radius 3 is 2.68 bits per heavy atom. The summed E-state index contributed by atoms with van der Waals surface area (Å²) in [5, 5.41) is 33.4. The Labute approximate surface area is 217 Å². The number of hydrogen-bond donors (Lipinski definition) is 6. The number of methoxy groups -OCH3 is 1. The third kappa shape index (κ3) is 5.33. The maximum Gasteiger partial charge on any atom is 0.349 e. The van der Waals surface area contributed by atoms with Crippen LogP contribution in [0.2, 0.25) is 0 Å². The molecule has 0 fully saturated rings. The zero-order valence-electron chi connectivity index (χ0n) is 19.8. The van der Waals surface area contributed by atoms with Crippen LogP contribution in [0.25, 0.3) is 5.82 Å². The molecule has 2 heterocycles. The maximum absolute atomic E-state index is 15.5. The molecule has 0 aliphatic heterocycles. The van der Waals surface area contributed by atoms with Crippen molar-refractivity contribution in [1.29, 1.82) is 5.41 Å². The minimum atomic E-state index is -1.28. The molecule has 7 N–H and O–H groups in total. The maximum atomic E-state index is 15.5. The van der Waals surface area contributed by atoms with Crippen LogP contribution < -0.4 is 26.2 Å². The molecule has 1 atom stereocenters. The predicted molar refractivity (Wildman–Crippen MR) is 135 cm³/mol. The Kier molecular flexibility index (Phi) is 7.68. The van der Waals surface area contributed by atoms with Crippen molar-refractivity contribution in [3.05, 3.63) is 80.0 Å². The van der Waals surface area contributed by atoms with Crippen molar-refractivity contribution in [2.24, 2.45) is 5.73 Å². The van der Waals surface area contributed by atoms with Crippen LogP contribution in [0.3, 0.4) is 0 Å². The number of aromatic carboxylic acids is 1. The lowest BCUT2D eigenvalue weighted by Crippen LogP contribution is -2.18. The molecule has 0 aliphatic rings. The number of aliphatic hydroxyl groups is 1. The number of carboxylic acids is 1. The summed E-state index contributed by atoms with van der Waals surface area (Å²) in [5.74, 6) is -2.20. The molecule has 0 radical (unpaired) electrons. The summed E-state index contributed by atoms with van der Waals surface area (Å²) < 4.78 is 26.9. The molecule has 38 heavy (non-hydrogen) atoms. The van der Waals surface area contributed by atoms with Gasteiger partial charge in [0.2, 0.25) is 0 Å². The smallest absolute Gasteiger partial charge is 0.349 e. The number of benzene rings is 2. The summed E-state index contributed by atoms with van der Waals surface area (Å²) in [4.78, 5) is 30.6. The van der Waals surface area contributed by atoms with Crippen molar-refractivity contribution in [2.45, 2.75) is 6.04 Å². The van der Waals surface area contributed by atoms with E-state index in [1.807, 2.05) is 0 Å².